The molecule has 5 aromatic rings. The van der Waals surface area contributed by atoms with Gasteiger partial charge in [0.25, 0.3) is 11.8 Å². The third-order valence-corrected chi connectivity index (χ3v) is 6.46. The summed E-state index contributed by atoms with van der Waals surface area (Å²) in [7, 11) is 0. The van der Waals surface area contributed by atoms with Crippen LogP contribution < -0.4 is 10.6 Å². The number of aromatic nitrogens is 1. The second-order valence-corrected chi connectivity index (χ2v) is 9.01. The van der Waals surface area contributed by atoms with Crippen molar-refractivity contribution in [3.63, 3.8) is 0 Å². The standard InChI is InChI=1S/C31H27N3O2/c1-20(24-16-14-22-8-3-5-10-26(22)18-24)32-30(35)28-12-7-13-29(34-28)31(36)33-21(2)25-17-15-23-9-4-6-11-27(23)19-25/h3-21H,1-2H3,(H,32,35)(H,33,36)/t20-,21-/m1/s1. The van der Waals surface area contributed by atoms with Crippen LogP contribution >= 0.6 is 0 Å². The Labute approximate surface area is 210 Å². The zero-order chi connectivity index (χ0) is 25.1. The van der Waals surface area contributed by atoms with Gasteiger partial charge in [0.1, 0.15) is 11.4 Å². The predicted molar refractivity (Wildman–Crippen MR) is 144 cm³/mol. The first-order chi connectivity index (χ1) is 17.5. The smallest absolute Gasteiger partial charge is 0.270 e. The molecule has 2 amide bonds. The molecule has 4 aromatic carbocycles. The van der Waals surface area contributed by atoms with Gasteiger partial charge in [-0.25, -0.2) is 4.98 Å². The zero-order valence-electron chi connectivity index (χ0n) is 20.2. The summed E-state index contributed by atoms with van der Waals surface area (Å²) < 4.78 is 0. The van der Waals surface area contributed by atoms with E-state index in [1.165, 1.54) is 0 Å². The topological polar surface area (TPSA) is 71.1 Å². The van der Waals surface area contributed by atoms with Gasteiger partial charge in [-0.3, -0.25) is 9.59 Å². The lowest BCUT2D eigenvalue weighted by Gasteiger charge is -2.16. The molecule has 36 heavy (non-hydrogen) atoms. The van der Waals surface area contributed by atoms with E-state index >= 15 is 0 Å². The maximum Gasteiger partial charge on any atom is 0.270 e. The van der Waals surface area contributed by atoms with E-state index < -0.39 is 0 Å². The molecule has 2 atom stereocenters. The molecule has 0 spiro atoms. The van der Waals surface area contributed by atoms with E-state index in [9.17, 15) is 9.59 Å². The van der Waals surface area contributed by atoms with Gasteiger partial charge in [-0.05, 0) is 70.8 Å². The lowest BCUT2D eigenvalue weighted by Crippen LogP contribution is -2.30. The van der Waals surface area contributed by atoms with Crippen molar-refractivity contribution in [1.29, 1.82) is 0 Å². The van der Waals surface area contributed by atoms with Crippen molar-refractivity contribution in [3.8, 4) is 0 Å². The molecule has 0 bridgehead atoms. The Morgan fingerprint density at radius 3 is 1.42 bits per heavy atom. The number of carbonyl (C=O) groups excluding carboxylic acids is 2. The highest BCUT2D eigenvalue weighted by Gasteiger charge is 2.17. The highest BCUT2D eigenvalue weighted by Crippen LogP contribution is 2.22. The molecule has 5 heteroatoms. The molecule has 0 saturated carbocycles. The molecular formula is C31H27N3O2. The number of amides is 2. The number of hydrogen-bond acceptors (Lipinski definition) is 3. The van der Waals surface area contributed by atoms with Crippen LogP contribution in [-0.4, -0.2) is 16.8 Å². The summed E-state index contributed by atoms with van der Waals surface area (Å²) in [6.45, 7) is 3.87. The number of pyridine rings is 1. The van der Waals surface area contributed by atoms with Gasteiger partial charge in [-0.2, -0.15) is 0 Å². The van der Waals surface area contributed by atoms with E-state index in [0.717, 1.165) is 32.7 Å². The SMILES string of the molecule is C[C@@H](NC(=O)c1cccc(C(=O)N[C@H](C)c2ccc3ccccc3c2)n1)c1ccc2ccccc2c1. The van der Waals surface area contributed by atoms with Crippen LogP contribution in [0.1, 0.15) is 58.0 Å². The number of carbonyl (C=O) groups is 2. The number of rotatable bonds is 6. The van der Waals surface area contributed by atoms with E-state index in [4.69, 9.17) is 0 Å². The fourth-order valence-electron chi connectivity index (χ4n) is 4.35. The van der Waals surface area contributed by atoms with Crippen LogP contribution in [0.3, 0.4) is 0 Å². The minimum absolute atomic E-state index is 0.202. The Hall–Kier alpha value is -4.51. The van der Waals surface area contributed by atoms with Gasteiger partial charge in [0.05, 0.1) is 12.1 Å². The maximum atomic E-state index is 12.9. The number of benzene rings is 4. The van der Waals surface area contributed by atoms with Gasteiger partial charge >= 0.3 is 0 Å². The largest absolute Gasteiger partial charge is 0.344 e. The molecule has 0 aliphatic carbocycles. The number of nitrogens with one attached hydrogen (secondary N) is 2. The van der Waals surface area contributed by atoms with E-state index in [1.807, 2.05) is 62.4 Å². The summed E-state index contributed by atoms with van der Waals surface area (Å²) in [6.07, 6.45) is 0. The minimum Gasteiger partial charge on any atom is -0.344 e. The van der Waals surface area contributed by atoms with Crippen LogP contribution in [0.4, 0.5) is 0 Å². The fourth-order valence-corrected chi connectivity index (χ4v) is 4.35. The lowest BCUT2D eigenvalue weighted by atomic mass is 10.0. The minimum atomic E-state index is -0.326. The summed E-state index contributed by atoms with van der Waals surface area (Å²) in [5, 5.41) is 10.5. The molecule has 0 saturated heterocycles. The summed E-state index contributed by atoms with van der Waals surface area (Å²) in [5.41, 5.74) is 2.41. The second kappa shape index (κ2) is 10.0. The Bertz CT molecular complexity index is 1460. The Balaban J connectivity index is 1.27. The molecule has 0 aliphatic rings. The van der Waals surface area contributed by atoms with Gasteiger partial charge in [0, 0.05) is 0 Å². The van der Waals surface area contributed by atoms with Gasteiger partial charge in [0.2, 0.25) is 0 Å². The second-order valence-electron chi connectivity index (χ2n) is 9.01. The Morgan fingerprint density at radius 1 is 0.556 bits per heavy atom. The molecule has 0 aliphatic heterocycles. The molecule has 0 fully saturated rings. The molecule has 178 valence electrons. The maximum absolute atomic E-state index is 12.9. The van der Waals surface area contributed by atoms with Crippen molar-refractivity contribution in [3.05, 3.63) is 126 Å². The van der Waals surface area contributed by atoms with E-state index in [2.05, 4.69) is 52.0 Å². The number of fused-ring (bicyclic) bond motifs is 2. The average Bonchev–Trinajstić information content (AvgIpc) is 2.92. The monoisotopic (exact) mass is 473 g/mol. The first-order valence-corrected chi connectivity index (χ1v) is 12.0. The summed E-state index contributed by atoms with van der Waals surface area (Å²) in [6, 6.07) is 33.0. The van der Waals surface area contributed by atoms with E-state index in [1.54, 1.807) is 18.2 Å². The Morgan fingerprint density at radius 2 is 0.972 bits per heavy atom. The molecule has 5 nitrogen and oxygen atoms in total. The first kappa shape index (κ1) is 23.2. The summed E-state index contributed by atoms with van der Waals surface area (Å²) >= 11 is 0. The van der Waals surface area contributed by atoms with Crippen LogP contribution in [-0.2, 0) is 0 Å². The molecule has 0 radical (unpaired) electrons. The average molecular weight is 474 g/mol. The van der Waals surface area contributed by atoms with Crippen LogP contribution in [0.2, 0.25) is 0 Å². The third-order valence-electron chi connectivity index (χ3n) is 6.46. The molecule has 1 heterocycles. The van der Waals surface area contributed by atoms with Crippen molar-refractivity contribution in [2.45, 2.75) is 25.9 Å². The third kappa shape index (κ3) is 4.96. The highest BCUT2D eigenvalue weighted by molar-refractivity contribution is 5.96. The molecular weight excluding hydrogens is 446 g/mol. The first-order valence-electron chi connectivity index (χ1n) is 12.0. The van der Waals surface area contributed by atoms with Crippen molar-refractivity contribution < 1.29 is 9.59 Å². The molecule has 0 unspecified atom stereocenters. The van der Waals surface area contributed by atoms with Gasteiger partial charge in [-0.15, -0.1) is 0 Å². The highest BCUT2D eigenvalue weighted by atomic mass is 16.2. The fraction of sp³-hybridized carbons (Fsp3) is 0.129. The Kier molecular flexibility index (Phi) is 6.46. The van der Waals surface area contributed by atoms with Crippen molar-refractivity contribution in [2.24, 2.45) is 0 Å². The van der Waals surface area contributed by atoms with Gasteiger partial charge < -0.3 is 10.6 Å². The zero-order valence-corrected chi connectivity index (χ0v) is 20.2. The summed E-state index contributed by atoms with van der Waals surface area (Å²) in [5.74, 6) is -0.652. The number of hydrogen-bond donors (Lipinski definition) is 2. The van der Waals surface area contributed by atoms with Crippen LogP contribution in [0.5, 0.6) is 0 Å². The van der Waals surface area contributed by atoms with Crippen molar-refractivity contribution in [2.75, 3.05) is 0 Å². The predicted octanol–water partition coefficient (Wildman–Crippen LogP) is 6.37. The lowest BCUT2D eigenvalue weighted by molar-refractivity contribution is 0.0930. The van der Waals surface area contributed by atoms with E-state index in [0.29, 0.717) is 0 Å². The van der Waals surface area contributed by atoms with Crippen molar-refractivity contribution in [1.82, 2.24) is 15.6 Å². The van der Waals surface area contributed by atoms with Crippen LogP contribution in [0.15, 0.2) is 103 Å². The normalized spacial score (nSPS) is 12.7. The summed E-state index contributed by atoms with van der Waals surface area (Å²) in [4.78, 5) is 30.2. The van der Waals surface area contributed by atoms with Crippen LogP contribution in [0, 0.1) is 0 Å². The van der Waals surface area contributed by atoms with Gasteiger partial charge in [-0.1, -0.05) is 78.9 Å². The number of nitrogens with zero attached hydrogens (tertiary/aromatic N) is 1. The molecule has 1 aromatic heterocycles. The van der Waals surface area contributed by atoms with Crippen molar-refractivity contribution >= 4 is 33.4 Å². The quantitative estimate of drug-likeness (QED) is 0.301. The van der Waals surface area contributed by atoms with E-state index in [-0.39, 0.29) is 35.3 Å². The molecule has 5 rings (SSSR count). The van der Waals surface area contributed by atoms with Crippen LogP contribution in [0.25, 0.3) is 21.5 Å². The van der Waals surface area contributed by atoms with Gasteiger partial charge in [0.15, 0.2) is 0 Å². The molecule has 2 N–H and O–H groups in total.